The van der Waals surface area contributed by atoms with Crippen LogP contribution >= 0.6 is 0 Å². The minimum Gasteiger partial charge on any atom is -0.497 e. The van der Waals surface area contributed by atoms with E-state index in [0.29, 0.717) is 28.0 Å². The van der Waals surface area contributed by atoms with Gasteiger partial charge in [-0.1, -0.05) is 12.1 Å². The SMILES string of the molecule is COc1ccc2oc(=O)cc(-c3cccc(C(N)=O)c3)c2c1. The summed E-state index contributed by atoms with van der Waals surface area (Å²) in [4.78, 5) is 23.1. The zero-order chi connectivity index (χ0) is 15.7. The Labute approximate surface area is 125 Å². The molecule has 1 aromatic heterocycles. The minimum absolute atomic E-state index is 0.377. The van der Waals surface area contributed by atoms with Gasteiger partial charge in [0.05, 0.1) is 7.11 Å². The number of rotatable bonds is 3. The van der Waals surface area contributed by atoms with Crippen molar-refractivity contribution in [1.82, 2.24) is 0 Å². The average Bonchev–Trinajstić information content (AvgIpc) is 2.53. The van der Waals surface area contributed by atoms with Gasteiger partial charge in [0.1, 0.15) is 11.3 Å². The third-order valence-corrected chi connectivity index (χ3v) is 3.41. The Morgan fingerprint density at radius 3 is 2.68 bits per heavy atom. The smallest absolute Gasteiger partial charge is 0.336 e. The molecule has 5 heteroatoms. The Kier molecular flexibility index (Phi) is 3.39. The number of amides is 1. The summed E-state index contributed by atoms with van der Waals surface area (Å²) >= 11 is 0. The highest BCUT2D eigenvalue weighted by Gasteiger charge is 2.10. The Balaban J connectivity index is 2.31. The molecule has 3 rings (SSSR count). The Morgan fingerprint density at radius 2 is 1.95 bits per heavy atom. The van der Waals surface area contributed by atoms with Gasteiger partial charge in [-0.3, -0.25) is 4.79 Å². The van der Waals surface area contributed by atoms with Crippen LogP contribution < -0.4 is 16.1 Å². The van der Waals surface area contributed by atoms with Crippen LogP contribution in [0.1, 0.15) is 10.4 Å². The molecule has 0 atom stereocenters. The van der Waals surface area contributed by atoms with E-state index in [2.05, 4.69) is 0 Å². The van der Waals surface area contributed by atoms with Crippen LogP contribution in [0.5, 0.6) is 5.75 Å². The molecular weight excluding hydrogens is 282 g/mol. The summed E-state index contributed by atoms with van der Waals surface area (Å²) in [5, 5.41) is 0.723. The second kappa shape index (κ2) is 5.37. The van der Waals surface area contributed by atoms with Crippen molar-refractivity contribution in [2.24, 2.45) is 5.73 Å². The molecule has 0 bridgehead atoms. The van der Waals surface area contributed by atoms with E-state index in [4.69, 9.17) is 14.9 Å². The van der Waals surface area contributed by atoms with Crippen molar-refractivity contribution < 1.29 is 13.9 Å². The number of carbonyl (C=O) groups is 1. The van der Waals surface area contributed by atoms with Crippen molar-refractivity contribution in [3.05, 3.63) is 64.5 Å². The molecule has 0 radical (unpaired) electrons. The van der Waals surface area contributed by atoms with Crippen LogP contribution in [-0.4, -0.2) is 13.0 Å². The maximum Gasteiger partial charge on any atom is 0.336 e. The number of primary amides is 1. The molecule has 5 nitrogen and oxygen atoms in total. The highest BCUT2D eigenvalue weighted by Crippen LogP contribution is 2.30. The van der Waals surface area contributed by atoms with Crippen LogP contribution in [0.2, 0.25) is 0 Å². The van der Waals surface area contributed by atoms with E-state index >= 15 is 0 Å². The Morgan fingerprint density at radius 1 is 1.14 bits per heavy atom. The number of hydrogen-bond acceptors (Lipinski definition) is 4. The number of ether oxygens (including phenoxy) is 1. The standard InChI is InChI=1S/C17H13NO4/c1-21-12-5-6-15-14(8-12)13(9-16(19)22-15)10-3-2-4-11(7-10)17(18)20/h2-9H,1H3,(H2,18,20). The minimum atomic E-state index is -0.522. The lowest BCUT2D eigenvalue weighted by Crippen LogP contribution is -2.10. The van der Waals surface area contributed by atoms with Gasteiger partial charge >= 0.3 is 5.63 Å². The molecule has 0 aliphatic rings. The number of hydrogen-bond donors (Lipinski definition) is 1. The van der Waals surface area contributed by atoms with Crippen LogP contribution in [0.25, 0.3) is 22.1 Å². The number of fused-ring (bicyclic) bond motifs is 1. The van der Waals surface area contributed by atoms with Gasteiger partial charge in [-0.25, -0.2) is 4.79 Å². The van der Waals surface area contributed by atoms with Crippen molar-refractivity contribution in [2.75, 3.05) is 7.11 Å². The van der Waals surface area contributed by atoms with Crippen molar-refractivity contribution in [3.63, 3.8) is 0 Å². The highest BCUT2D eigenvalue weighted by molar-refractivity contribution is 5.97. The van der Waals surface area contributed by atoms with Crippen molar-refractivity contribution in [3.8, 4) is 16.9 Å². The molecule has 1 amide bonds. The third-order valence-electron chi connectivity index (χ3n) is 3.41. The molecule has 0 saturated heterocycles. The number of methoxy groups -OCH3 is 1. The zero-order valence-corrected chi connectivity index (χ0v) is 11.8. The lowest BCUT2D eigenvalue weighted by molar-refractivity contribution is 0.100. The maximum atomic E-state index is 11.8. The maximum absolute atomic E-state index is 11.8. The summed E-state index contributed by atoms with van der Waals surface area (Å²) in [5.41, 5.74) is 7.05. The van der Waals surface area contributed by atoms with Crippen molar-refractivity contribution in [1.29, 1.82) is 0 Å². The van der Waals surface area contributed by atoms with Crippen molar-refractivity contribution in [2.45, 2.75) is 0 Å². The van der Waals surface area contributed by atoms with Gasteiger partial charge in [0, 0.05) is 17.0 Å². The summed E-state index contributed by atoms with van der Waals surface area (Å²) in [5.74, 6) is 0.125. The first-order chi connectivity index (χ1) is 10.6. The lowest BCUT2D eigenvalue weighted by Gasteiger charge is -2.08. The molecule has 2 aromatic carbocycles. The van der Waals surface area contributed by atoms with E-state index in [0.717, 1.165) is 5.39 Å². The number of benzene rings is 2. The molecular formula is C17H13NO4. The van der Waals surface area contributed by atoms with Crippen LogP contribution in [0.15, 0.2) is 57.7 Å². The summed E-state index contributed by atoms with van der Waals surface area (Å²) in [6.45, 7) is 0. The second-order valence-corrected chi connectivity index (χ2v) is 4.79. The topological polar surface area (TPSA) is 82.5 Å². The van der Waals surface area contributed by atoms with Gasteiger partial charge in [0.15, 0.2) is 0 Å². The summed E-state index contributed by atoms with van der Waals surface area (Å²) in [7, 11) is 1.56. The first-order valence-electron chi connectivity index (χ1n) is 6.60. The van der Waals surface area contributed by atoms with Crippen LogP contribution in [0.4, 0.5) is 0 Å². The third kappa shape index (κ3) is 2.44. The number of nitrogens with two attached hydrogens (primary N) is 1. The van der Waals surface area contributed by atoms with Gasteiger partial charge in [0.25, 0.3) is 0 Å². The molecule has 2 N–H and O–H groups in total. The first kappa shape index (κ1) is 13.9. The quantitative estimate of drug-likeness (QED) is 0.753. The summed E-state index contributed by atoms with van der Waals surface area (Å²) < 4.78 is 10.4. The van der Waals surface area contributed by atoms with Gasteiger partial charge in [-0.2, -0.15) is 0 Å². The number of carbonyl (C=O) groups excluding carboxylic acids is 1. The molecule has 0 saturated carbocycles. The van der Waals surface area contributed by atoms with Crippen LogP contribution in [-0.2, 0) is 0 Å². The van der Waals surface area contributed by atoms with Gasteiger partial charge in [-0.15, -0.1) is 0 Å². The van der Waals surface area contributed by atoms with E-state index in [9.17, 15) is 9.59 Å². The Bertz CT molecular complexity index is 927. The molecule has 0 fully saturated rings. The molecule has 0 spiro atoms. The second-order valence-electron chi connectivity index (χ2n) is 4.79. The molecule has 22 heavy (non-hydrogen) atoms. The van der Waals surface area contributed by atoms with Crippen LogP contribution in [0, 0.1) is 0 Å². The molecule has 0 aliphatic heterocycles. The van der Waals surface area contributed by atoms with Gasteiger partial charge in [-0.05, 0) is 41.5 Å². The zero-order valence-electron chi connectivity index (χ0n) is 11.8. The fourth-order valence-electron chi connectivity index (χ4n) is 2.35. The van der Waals surface area contributed by atoms with Gasteiger partial charge in [0.2, 0.25) is 5.91 Å². The van der Waals surface area contributed by atoms with Gasteiger partial charge < -0.3 is 14.9 Å². The molecule has 1 heterocycles. The average molecular weight is 295 g/mol. The highest BCUT2D eigenvalue weighted by atomic mass is 16.5. The van der Waals surface area contributed by atoms with E-state index in [1.165, 1.54) is 6.07 Å². The van der Waals surface area contributed by atoms with E-state index < -0.39 is 11.5 Å². The first-order valence-corrected chi connectivity index (χ1v) is 6.60. The fraction of sp³-hybridized carbons (Fsp3) is 0.0588. The predicted molar refractivity (Wildman–Crippen MR) is 83.0 cm³/mol. The van der Waals surface area contributed by atoms with Crippen LogP contribution in [0.3, 0.4) is 0 Å². The summed E-state index contributed by atoms with van der Waals surface area (Å²) in [6.07, 6.45) is 0. The Hall–Kier alpha value is -3.08. The normalized spacial score (nSPS) is 10.6. The van der Waals surface area contributed by atoms with Crippen molar-refractivity contribution >= 4 is 16.9 Å². The molecule has 0 unspecified atom stereocenters. The summed E-state index contributed by atoms with van der Waals surface area (Å²) in [6, 6.07) is 13.4. The fourth-order valence-corrected chi connectivity index (χ4v) is 2.35. The van der Waals surface area contributed by atoms with E-state index in [1.807, 2.05) is 0 Å². The van der Waals surface area contributed by atoms with E-state index in [1.54, 1.807) is 49.6 Å². The molecule has 110 valence electrons. The molecule has 0 aliphatic carbocycles. The largest absolute Gasteiger partial charge is 0.497 e. The molecule has 3 aromatic rings. The van der Waals surface area contributed by atoms with E-state index in [-0.39, 0.29) is 0 Å². The monoisotopic (exact) mass is 295 g/mol. The predicted octanol–water partition coefficient (Wildman–Crippen LogP) is 2.57. The lowest BCUT2D eigenvalue weighted by atomic mass is 10.00.